The number of rotatable bonds is 16. The minimum atomic E-state index is -3.55. The van der Waals surface area contributed by atoms with Crippen LogP contribution in [0, 0.1) is 11.8 Å². The Hall–Kier alpha value is -4.51. The van der Waals surface area contributed by atoms with Gasteiger partial charge in [0.25, 0.3) is 7.37 Å². The van der Waals surface area contributed by atoms with Gasteiger partial charge in [0.1, 0.15) is 12.7 Å². The van der Waals surface area contributed by atoms with Gasteiger partial charge < -0.3 is 14.0 Å². The molecule has 7 heteroatoms. The summed E-state index contributed by atoms with van der Waals surface area (Å²) in [6.07, 6.45) is 9.93. The molecule has 1 fully saturated rings. The molecule has 0 unspecified atom stereocenters. The highest BCUT2D eigenvalue weighted by Crippen LogP contribution is 2.47. The van der Waals surface area contributed by atoms with Gasteiger partial charge in [0.2, 0.25) is 0 Å². The van der Waals surface area contributed by atoms with Crippen molar-refractivity contribution in [1.29, 1.82) is 0 Å². The van der Waals surface area contributed by atoms with E-state index in [1.54, 1.807) is 12.2 Å². The van der Waals surface area contributed by atoms with Crippen LogP contribution in [0.4, 0.5) is 0 Å². The fourth-order valence-corrected chi connectivity index (χ4v) is 9.26. The quantitative estimate of drug-likeness (QED) is 0.0497. The molecular weight excluding hydrogens is 667 g/mol. The van der Waals surface area contributed by atoms with Gasteiger partial charge in [-0.25, -0.2) is 9.59 Å². The fraction of sp³-hybridized carbons (Fsp3) is 0.333. The molecule has 0 N–H and O–H groups in total. The molecular formula is C45H51O6P. The van der Waals surface area contributed by atoms with E-state index >= 15 is 0 Å². The largest absolute Gasteiger partial charge is 0.459 e. The molecule has 0 bridgehead atoms. The molecule has 5 rings (SSSR count). The first kappa shape index (κ1) is 38.7. The second-order valence-electron chi connectivity index (χ2n) is 14.2. The zero-order valence-corrected chi connectivity index (χ0v) is 31.4. The van der Waals surface area contributed by atoms with Crippen molar-refractivity contribution in [3.63, 3.8) is 0 Å². The van der Waals surface area contributed by atoms with Crippen LogP contribution in [-0.4, -0.2) is 24.1 Å². The lowest BCUT2D eigenvalue weighted by molar-refractivity contribution is -0.150. The molecule has 0 aliphatic heterocycles. The number of benzene rings is 4. The summed E-state index contributed by atoms with van der Waals surface area (Å²) in [5, 5.41) is 1.15. The molecule has 0 radical (unpaired) electrons. The lowest BCUT2D eigenvalue weighted by atomic mass is 9.64. The van der Waals surface area contributed by atoms with Crippen molar-refractivity contribution in [1.82, 2.24) is 0 Å². The smallest absolute Gasteiger partial charge is 0.330 e. The zero-order valence-electron chi connectivity index (χ0n) is 30.5. The molecule has 1 aliphatic carbocycles. The van der Waals surface area contributed by atoms with Gasteiger partial charge in [-0.3, -0.25) is 4.57 Å². The van der Waals surface area contributed by atoms with Gasteiger partial charge in [-0.05, 0) is 84.9 Å². The Morgan fingerprint density at radius 1 is 0.788 bits per heavy atom. The summed E-state index contributed by atoms with van der Waals surface area (Å²) in [5.41, 5.74) is 1.97. The molecule has 4 aromatic rings. The third-order valence-electron chi connectivity index (χ3n) is 10.0. The molecule has 4 atom stereocenters. The normalized spacial score (nSPS) is 18.6. The van der Waals surface area contributed by atoms with Crippen LogP contribution < -0.4 is 10.6 Å². The van der Waals surface area contributed by atoms with Gasteiger partial charge in [-0.1, -0.05) is 130 Å². The number of ether oxygens (including phenoxy) is 2. The van der Waals surface area contributed by atoms with Crippen LogP contribution >= 0.6 is 7.37 Å². The first-order valence-electron chi connectivity index (χ1n) is 18.4. The Morgan fingerprint density at radius 2 is 1.37 bits per heavy atom. The van der Waals surface area contributed by atoms with Crippen molar-refractivity contribution in [2.24, 2.45) is 11.8 Å². The molecule has 0 aromatic heterocycles. The van der Waals surface area contributed by atoms with E-state index in [1.807, 2.05) is 97.1 Å². The molecule has 0 saturated heterocycles. The zero-order chi connectivity index (χ0) is 36.8. The Morgan fingerprint density at radius 3 is 1.98 bits per heavy atom. The van der Waals surface area contributed by atoms with Gasteiger partial charge in [0.05, 0.1) is 6.10 Å². The molecule has 0 spiro atoms. The van der Waals surface area contributed by atoms with Crippen molar-refractivity contribution >= 4 is 29.9 Å². The standard InChI is InChI=1S/C45H51O6P/c1-35-29-31-41(45(2,3)37-21-11-5-12-22-37)42(33-35)50-44(47)32-30-38(23-13-6-18-28-43(46)49-34-36-19-9-4-10-20-36)51-52(48,39-24-14-7-15-25-39)40-26-16-8-17-27-40/h4-5,7-12,14-22,24-28,30,32,35,38,41-42H,6,13,23,29,31,33-34H2,1-3H3/b28-18+,32-30-/t35-,38+,41-,42-/m1/s1. The van der Waals surface area contributed by atoms with E-state index in [0.29, 0.717) is 35.8 Å². The van der Waals surface area contributed by atoms with Crippen molar-refractivity contribution in [3.8, 4) is 0 Å². The summed E-state index contributed by atoms with van der Waals surface area (Å²) < 4.78 is 33.0. The van der Waals surface area contributed by atoms with Gasteiger partial charge in [0, 0.05) is 28.7 Å². The maximum atomic E-state index is 14.8. The van der Waals surface area contributed by atoms with Gasteiger partial charge in [0.15, 0.2) is 0 Å². The van der Waals surface area contributed by atoms with E-state index < -0.39 is 25.4 Å². The number of carbonyl (C=O) groups is 2. The lowest BCUT2D eigenvalue weighted by Gasteiger charge is -2.43. The van der Waals surface area contributed by atoms with Crippen LogP contribution in [0.25, 0.3) is 0 Å². The monoisotopic (exact) mass is 718 g/mol. The SMILES string of the molecule is C[C@@H]1CC[C@@H](C(C)(C)c2ccccc2)[C@H](OC(=O)/C=C\[C@H](CCC/C=C/C(=O)OCc2ccccc2)OP(=O)(c2ccccc2)c2ccccc2)C1. The van der Waals surface area contributed by atoms with Crippen molar-refractivity contribution in [2.45, 2.75) is 83.5 Å². The molecule has 0 amide bonds. The van der Waals surface area contributed by atoms with Crippen LogP contribution in [0.2, 0.25) is 0 Å². The third kappa shape index (κ3) is 10.8. The maximum Gasteiger partial charge on any atom is 0.330 e. The third-order valence-corrected chi connectivity index (χ3v) is 12.6. The predicted octanol–water partition coefficient (Wildman–Crippen LogP) is 9.65. The predicted molar refractivity (Wildman–Crippen MR) is 209 cm³/mol. The summed E-state index contributed by atoms with van der Waals surface area (Å²) >= 11 is 0. The van der Waals surface area contributed by atoms with E-state index in [2.05, 4.69) is 45.0 Å². The maximum absolute atomic E-state index is 14.8. The first-order chi connectivity index (χ1) is 25.1. The molecule has 6 nitrogen and oxygen atoms in total. The van der Waals surface area contributed by atoms with Crippen molar-refractivity contribution in [3.05, 3.63) is 157 Å². The number of unbranched alkanes of at least 4 members (excludes halogenated alkanes) is 1. The van der Waals surface area contributed by atoms with Gasteiger partial charge in [-0.15, -0.1) is 0 Å². The van der Waals surface area contributed by atoms with Crippen LogP contribution in [0.5, 0.6) is 0 Å². The first-order valence-corrected chi connectivity index (χ1v) is 20.0. The molecule has 52 heavy (non-hydrogen) atoms. The van der Waals surface area contributed by atoms with Crippen LogP contribution in [0.15, 0.2) is 146 Å². The van der Waals surface area contributed by atoms with E-state index in [0.717, 1.165) is 24.8 Å². The van der Waals surface area contributed by atoms with E-state index in [9.17, 15) is 14.2 Å². The van der Waals surface area contributed by atoms with Gasteiger partial charge >= 0.3 is 11.9 Å². The second-order valence-corrected chi connectivity index (χ2v) is 16.6. The molecule has 1 aliphatic rings. The topological polar surface area (TPSA) is 78.9 Å². The van der Waals surface area contributed by atoms with Crippen LogP contribution in [-0.2, 0) is 40.2 Å². The highest BCUT2D eigenvalue weighted by atomic mass is 31.2. The number of allylic oxidation sites excluding steroid dienone is 1. The summed E-state index contributed by atoms with van der Waals surface area (Å²) in [6, 6.07) is 38.4. The summed E-state index contributed by atoms with van der Waals surface area (Å²) in [7, 11) is -3.55. The van der Waals surface area contributed by atoms with Crippen molar-refractivity contribution in [2.75, 3.05) is 0 Å². The summed E-state index contributed by atoms with van der Waals surface area (Å²) in [4.78, 5) is 25.9. The molecule has 1 saturated carbocycles. The Kier molecular flexibility index (Phi) is 14.0. The number of hydrogen-bond donors (Lipinski definition) is 0. The summed E-state index contributed by atoms with van der Waals surface area (Å²) in [6.45, 7) is 6.91. The molecule has 272 valence electrons. The van der Waals surface area contributed by atoms with E-state index in [1.165, 1.54) is 17.7 Å². The van der Waals surface area contributed by atoms with E-state index in [-0.39, 0.29) is 24.0 Å². The van der Waals surface area contributed by atoms with E-state index in [4.69, 9.17) is 14.0 Å². The van der Waals surface area contributed by atoms with Crippen molar-refractivity contribution < 1.29 is 28.2 Å². The second kappa shape index (κ2) is 18.8. The highest BCUT2D eigenvalue weighted by molar-refractivity contribution is 7.74. The minimum absolute atomic E-state index is 0.165. The average Bonchev–Trinajstić information content (AvgIpc) is 3.17. The fourth-order valence-electron chi connectivity index (χ4n) is 7.03. The Labute approximate surface area is 309 Å². The minimum Gasteiger partial charge on any atom is -0.459 e. The number of carbonyl (C=O) groups excluding carboxylic acids is 2. The van der Waals surface area contributed by atoms with Crippen LogP contribution in [0.1, 0.15) is 70.4 Å². The van der Waals surface area contributed by atoms with Crippen LogP contribution in [0.3, 0.4) is 0 Å². The number of hydrogen-bond acceptors (Lipinski definition) is 6. The molecule has 0 heterocycles. The average molecular weight is 719 g/mol. The summed E-state index contributed by atoms with van der Waals surface area (Å²) in [5.74, 6) is -0.232. The molecule has 4 aromatic carbocycles. The Balaban J connectivity index is 1.30. The highest BCUT2D eigenvalue weighted by Gasteiger charge is 2.42. The lowest BCUT2D eigenvalue weighted by Crippen LogP contribution is -2.43. The van der Waals surface area contributed by atoms with Gasteiger partial charge in [-0.2, -0.15) is 0 Å². The Bertz CT molecular complexity index is 1760. The number of esters is 2.